The van der Waals surface area contributed by atoms with E-state index in [1.165, 1.54) is 17.0 Å². The summed E-state index contributed by atoms with van der Waals surface area (Å²) in [4.78, 5) is 76.2. The van der Waals surface area contributed by atoms with E-state index in [0.717, 1.165) is 48.4 Å². The van der Waals surface area contributed by atoms with Crippen molar-refractivity contribution >= 4 is 112 Å². The van der Waals surface area contributed by atoms with Crippen LogP contribution >= 0.6 is 65.6 Å². The van der Waals surface area contributed by atoms with Crippen molar-refractivity contribution in [3.8, 4) is 11.5 Å². The van der Waals surface area contributed by atoms with Crippen LogP contribution in [0.15, 0.2) is 79.9 Å². The maximum absolute atomic E-state index is 12.7. The monoisotopic (exact) mass is 1160 g/mol. The number of methoxy groups -OCH3 is 1. The van der Waals surface area contributed by atoms with Crippen molar-refractivity contribution in [1.29, 1.82) is 0 Å². The number of benzene rings is 3. The van der Waals surface area contributed by atoms with Gasteiger partial charge in [0.1, 0.15) is 25.0 Å². The first-order chi connectivity index (χ1) is 33.3. The first kappa shape index (κ1) is 70.0. The lowest BCUT2D eigenvalue weighted by molar-refractivity contribution is -0.193. The molecule has 0 aliphatic heterocycles. The molecule has 0 bridgehead atoms. The van der Waals surface area contributed by atoms with E-state index in [1.54, 1.807) is 24.2 Å². The molecule has 0 radical (unpaired) electrons. The number of aryl methyl sites for hydroxylation is 2. The number of ether oxygens (including phenoxy) is 3. The Morgan fingerprint density at radius 2 is 1.53 bits per heavy atom. The molecule has 0 saturated heterocycles. The molecule has 0 spiro atoms. The Kier molecular flexibility index (Phi) is 35.0. The molecule has 26 heteroatoms. The van der Waals surface area contributed by atoms with Crippen molar-refractivity contribution in [1.82, 2.24) is 10.2 Å². The quantitative estimate of drug-likeness (QED) is 0.0272. The van der Waals surface area contributed by atoms with Crippen molar-refractivity contribution in [2.24, 2.45) is 0 Å². The molecule has 0 fully saturated rings. The number of carboxylic acid groups (broad SMARTS) is 2. The highest BCUT2D eigenvalue weighted by Crippen LogP contribution is 2.37. The molecule has 0 saturated carbocycles. The Labute approximate surface area is 445 Å². The van der Waals surface area contributed by atoms with Crippen LogP contribution in [0.4, 0.5) is 18.9 Å². The highest BCUT2D eigenvalue weighted by molar-refractivity contribution is 7.94. The second kappa shape index (κ2) is 36.0. The number of esters is 1. The van der Waals surface area contributed by atoms with E-state index in [9.17, 15) is 46.6 Å². The van der Waals surface area contributed by atoms with Crippen LogP contribution in [0.1, 0.15) is 47.8 Å². The lowest BCUT2D eigenvalue weighted by atomic mass is 10.0. The van der Waals surface area contributed by atoms with Gasteiger partial charge in [-0.05, 0) is 85.6 Å². The summed E-state index contributed by atoms with van der Waals surface area (Å²) in [6, 6.07) is 12.4. The van der Waals surface area contributed by atoms with Gasteiger partial charge in [-0.1, -0.05) is 83.7 Å². The summed E-state index contributed by atoms with van der Waals surface area (Å²) in [6.07, 6.45) is 4.01. The van der Waals surface area contributed by atoms with E-state index in [1.807, 2.05) is 31.3 Å². The number of rotatable bonds is 20. The topological polar surface area (TPSA) is 232 Å². The molecule has 2 amide bonds. The number of halogens is 8. The zero-order valence-corrected chi connectivity index (χ0v) is 46.1. The second-order valence-corrected chi connectivity index (χ2v) is 21.1. The molecule has 3 aromatic rings. The van der Waals surface area contributed by atoms with Crippen molar-refractivity contribution in [2.75, 3.05) is 69.2 Å². The summed E-state index contributed by atoms with van der Waals surface area (Å²) in [7, 11) is -2.07. The first-order valence-corrected chi connectivity index (χ1v) is 27.2. The van der Waals surface area contributed by atoms with Crippen LogP contribution in [-0.4, -0.2) is 131 Å². The minimum absolute atomic E-state index is 0.0223. The third-order valence-corrected chi connectivity index (χ3v) is 10.1. The van der Waals surface area contributed by atoms with Gasteiger partial charge in [0.05, 0.1) is 71.1 Å². The lowest BCUT2D eigenvalue weighted by Gasteiger charge is -2.31. The fourth-order valence-electron chi connectivity index (χ4n) is 5.21. The average molecular weight is 1160 g/mol. The van der Waals surface area contributed by atoms with E-state index < -0.39 is 61.0 Å². The zero-order chi connectivity index (χ0) is 56.1. The summed E-state index contributed by atoms with van der Waals surface area (Å²) in [6.45, 7) is 15.1. The number of carbonyl (C=O) groups is 5. The SMILES string of the molecule is C=CCN(CC=C)C(=O)C(Cl)Cl.CCc1cccc(C)c1N(C(=O)CCl)C(C)COC.C[C@H](OC(=O)c1cc(Oc2ccc(C(F)(F)F)cc2Cl)ccc1Cl)C(=O)O.C[S+](C)C.O=C(O)CNCP(=O)([O-])O. The molecule has 2 unspecified atom stereocenters. The molecule has 4 N–H and O–H groups in total. The van der Waals surface area contributed by atoms with Gasteiger partial charge in [-0.25, -0.2) is 9.59 Å². The van der Waals surface area contributed by atoms with Crippen molar-refractivity contribution in [3.05, 3.63) is 112 Å². The third kappa shape index (κ3) is 29.0. The second-order valence-electron chi connectivity index (χ2n) is 14.9. The average Bonchev–Trinajstić information content (AvgIpc) is 3.27. The fourth-order valence-corrected chi connectivity index (χ4v) is 6.43. The van der Waals surface area contributed by atoms with Crippen molar-refractivity contribution in [3.63, 3.8) is 0 Å². The standard InChI is InChI=1S/C17H11Cl2F3O5.C15H22ClNO2.C8H11Cl2NO.C3H8NO5P.C3H9S/c1-8(15(23)24)26-16(25)11-7-10(3-4-12(11)18)27-14-5-2-9(6-13(14)19)17(20,21)22;1-5-13-8-6-7-11(2)15(13)17(14(18)9-16)12(3)10-19-4;1-3-5-11(6-4-2)8(12)7(9)10;5-3(6)1-4-2-10(7,8)9;1-4(2)3/h2-8H,1H3,(H,23,24);6-8,12H,5,9-10H2,1-4H3;3-4,7H,1-2,5-6H2;4H,1-2H2,(H,5,6)(H2,7,8,9);1-3H3/q;;;;+1/p-1/t8-;;;;/m0..../s1. The minimum Gasteiger partial charge on any atom is -0.778 e. The summed E-state index contributed by atoms with van der Waals surface area (Å²) < 4.78 is 63.2. The van der Waals surface area contributed by atoms with E-state index in [4.69, 9.17) is 87.3 Å². The fraction of sp³-hybridized carbons (Fsp3) is 0.413. The Morgan fingerprint density at radius 1 is 0.958 bits per heavy atom. The van der Waals surface area contributed by atoms with Gasteiger partial charge in [-0.3, -0.25) is 19.7 Å². The van der Waals surface area contributed by atoms with Gasteiger partial charge in [0, 0.05) is 20.2 Å². The lowest BCUT2D eigenvalue weighted by Crippen LogP contribution is -2.43. The zero-order valence-electron chi connectivity index (χ0n) is 40.6. The summed E-state index contributed by atoms with van der Waals surface area (Å²) in [5.41, 5.74) is 2.09. The molecule has 0 heterocycles. The van der Waals surface area contributed by atoms with E-state index in [-0.39, 0.29) is 50.8 Å². The van der Waals surface area contributed by atoms with Crippen LogP contribution in [0, 0.1) is 6.92 Å². The highest BCUT2D eigenvalue weighted by atomic mass is 35.5. The van der Waals surface area contributed by atoms with Crippen LogP contribution in [0.5, 0.6) is 11.5 Å². The van der Waals surface area contributed by atoms with Gasteiger partial charge < -0.3 is 48.6 Å². The third-order valence-electron chi connectivity index (χ3n) is 8.24. The summed E-state index contributed by atoms with van der Waals surface area (Å²) in [5.74, 6) is -3.99. The number of para-hydroxylation sites is 1. The Bertz CT molecular complexity index is 2260. The van der Waals surface area contributed by atoms with Crippen LogP contribution in [0.3, 0.4) is 0 Å². The largest absolute Gasteiger partial charge is 0.778 e. The number of carbonyl (C=O) groups excluding carboxylic acids is 3. The molecule has 72 heavy (non-hydrogen) atoms. The van der Waals surface area contributed by atoms with Crippen LogP contribution in [0.2, 0.25) is 10.0 Å². The number of anilines is 1. The predicted octanol–water partition coefficient (Wildman–Crippen LogP) is 9.25. The summed E-state index contributed by atoms with van der Waals surface area (Å²) >= 11 is 28.3. The normalized spacial score (nSPS) is 12.2. The van der Waals surface area contributed by atoms with Gasteiger partial charge >= 0.3 is 24.1 Å². The van der Waals surface area contributed by atoms with Gasteiger partial charge in [0.15, 0.2) is 10.9 Å². The number of hydrogen-bond donors (Lipinski definition) is 4. The molecule has 0 aromatic heterocycles. The van der Waals surface area contributed by atoms with Crippen molar-refractivity contribution < 1.29 is 75.9 Å². The highest BCUT2D eigenvalue weighted by Gasteiger charge is 2.31. The molecule has 3 atom stereocenters. The van der Waals surface area contributed by atoms with Gasteiger partial charge in [0.2, 0.25) is 5.91 Å². The Balaban J connectivity index is 0. The number of alkyl halides is 6. The number of nitrogens with zero attached hydrogens (tertiary/aromatic N) is 2. The van der Waals surface area contributed by atoms with E-state index in [0.29, 0.717) is 36.7 Å². The molecule has 16 nitrogen and oxygen atoms in total. The van der Waals surface area contributed by atoms with Crippen LogP contribution in [-0.2, 0) is 56.7 Å². The number of aliphatic carboxylic acids is 2. The van der Waals surface area contributed by atoms with E-state index >= 15 is 0 Å². The van der Waals surface area contributed by atoms with Gasteiger partial charge in [0.25, 0.3) is 5.91 Å². The molecular formula is C46H60Cl5F3N3O13PS. The molecule has 3 aromatic carbocycles. The van der Waals surface area contributed by atoms with Crippen LogP contribution < -0.4 is 19.8 Å². The molecule has 0 aliphatic rings. The molecule has 404 valence electrons. The molecular weight excluding hydrogens is 1100 g/mol. The predicted molar refractivity (Wildman–Crippen MR) is 279 cm³/mol. The summed E-state index contributed by atoms with van der Waals surface area (Å²) in [5, 5.41) is 18.4. The van der Waals surface area contributed by atoms with Gasteiger partial charge in [-0.15, -0.1) is 24.8 Å². The van der Waals surface area contributed by atoms with E-state index in [2.05, 4.69) is 44.9 Å². The minimum atomic E-state index is -4.56. The maximum atomic E-state index is 12.7. The number of carboxylic acids is 2. The molecule has 3 rings (SSSR count). The number of amides is 2. The number of nitrogens with one attached hydrogen (secondary N) is 1. The Morgan fingerprint density at radius 3 is 1.96 bits per heavy atom. The number of hydrogen-bond acceptors (Lipinski definition) is 11. The first-order valence-electron chi connectivity index (χ1n) is 20.8. The molecule has 0 aliphatic carbocycles. The van der Waals surface area contributed by atoms with Crippen molar-refractivity contribution in [2.45, 2.75) is 57.3 Å². The Hall–Kier alpha value is -4.05. The van der Waals surface area contributed by atoms with Gasteiger partial charge in [-0.2, -0.15) is 13.2 Å². The smallest absolute Gasteiger partial charge is 0.416 e. The van der Waals surface area contributed by atoms with Crippen LogP contribution in [0.25, 0.3) is 0 Å². The maximum Gasteiger partial charge on any atom is 0.416 e.